The minimum absolute atomic E-state index is 0.198. The average molecular weight is 515 g/mol. The zero-order valence-electron chi connectivity index (χ0n) is 15.1. The van der Waals surface area contributed by atoms with Gasteiger partial charge in [-0.1, -0.05) is 90.2 Å². The number of benzene rings is 2. The predicted molar refractivity (Wildman–Crippen MR) is 105 cm³/mol. The van der Waals surface area contributed by atoms with Gasteiger partial charge in [-0.3, -0.25) is 0 Å². The zero-order chi connectivity index (χ0) is 21.0. The lowest BCUT2D eigenvalue weighted by Crippen LogP contribution is -2.53. The molecule has 0 aliphatic rings. The third-order valence-corrected chi connectivity index (χ3v) is 5.66. The van der Waals surface area contributed by atoms with Crippen LogP contribution in [0.5, 0.6) is 0 Å². The van der Waals surface area contributed by atoms with Gasteiger partial charge < -0.3 is 0 Å². The summed E-state index contributed by atoms with van der Waals surface area (Å²) in [6.45, 7) is 0.551. The van der Waals surface area contributed by atoms with Crippen LogP contribution in [0.4, 0.5) is 26.3 Å². The Balaban J connectivity index is 2.60. The topological polar surface area (TPSA) is 3.24 Å². The monoisotopic (exact) mass is 515 g/mol. The molecule has 0 saturated heterocycles. The maximum absolute atomic E-state index is 13.2. The summed E-state index contributed by atoms with van der Waals surface area (Å²) in [6, 6.07) is 17.5. The second-order valence-electron chi connectivity index (χ2n) is 6.66. The summed E-state index contributed by atoms with van der Waals surface area (Å²) in [5, 5.41) is 0. The first-order valence-corrected chi connectivity index (χ1v) is 10.1. The van der Waals surface area contributed by atoms with Crippen LogP contribution in [0.3, 0.4) is 0 Å². The predicted octanol–water partition coefficient (Wildman–Crippen LogP) is 6.78. The van der Waals surface area contributed by atoms with Gasteiger partial charge in [0.25, 0.3) is 0 Å². The van der Waals surface area contributed by atoms with Crippen molar-refractivity contribution in [3.05, 3.63) is 71.8 Å². The molecule has 0 aliphatic carbocycles. The smallest absolute Gasteiger partial charge is 0.155 e. The van der Waals surface area contributed by atoms with Crippen LogP contribution < -0.4 is 0 Å². The van der Waals surface area contributed by atoms with Gasteiger partial charge in [0, 0.05) is 12.0 Å². The Morgan fingerprint density at radius 1 is 0.786 bits per heavy atom. The molecule has 1 nitrogen and oxygen atoms in total. The molecule has 0 saturated carbocycles. The normalized spacial score (nSPS) is 14.3. The number of alkyl halides is 7. The van der Waals surface area contributed by atoms with E-state index in [-0.39, 0.29) is 6.42 Å². The van der Waals surface area contributed by atoms with Gasteiger partial charge in [-0.05, 0) is 27.9 Å². The van der Waals surface area contributed by atoms with E-state index in [1.54, 1.807) is 67.6 Å². The first-order valence-electron chi connectivity index (χ1n) is 8.59. The van der Waals surface area contributed by atoms with E-state index in [4.69, 9.17) is 0 Å². The number of hydrogen-bond acceptors (Lipinski definition) is 1. The molecule has 2 aromatic rings. The van der Waals surface area contributed by atoms with E-state index in [0.29, 0.717) is 15.6 Å². The molecule has 0 amide bonds. The maximum Gasteiger partial charge on any atom is 0.467 e. The molecule has 28 heavy (non-hydrogen) atoms. The molecule has 0 aliphatic heterocycles. The molecule has 0 radical (unpaired) electrons. The van der Waals surface area contributed by atoms with Gasteiger partial charge >= 0.3 is 12.6 Å². The molecule has 0 heterocycles. The van der Waals surface area contributed by atoms with E-state index in [2.05, 4.69) is 0 Å². The van der Waals surface area contributed by atoms with Crippen LogP contribution in [0.25, 0.3) is 0 Å². The third kappa shape index (κ3) is 5.20. The van der Waals surface area contributed by atoms with Crippen LogP contribution in [0.15, 0.2) is 60.7 Å². The summed E-state index contributed by atoms with van der Waals surface area (Å²) >= 11 is 1.99. The van der Waals surface area contributed by atoms with E-state index in [1.807, 2.05) is 22.6 Å². The molecule has 0 bridgehead atoms. The van der Waals surface area contributed by atoms with Gasteiger partial charge in [0.15, 0.2) is 0 Å². The molecule has 0 spiro atoms. The second kappa shape index (κ2) is 9.02. The highest BCUT2D eigenvalue weighted by Gasteiger charge is 2.55. The van der Waals surface area contributed by atoms with Crippen LogP contribution in [-0.2, 0) is 5.41 Å². The lowest BCUT2D eigenvalue weighted by atomic mass is 9.66. The minimum atomic E-state index is -5.50. The van der Waals surface area contributed by atoms with Gasteiger partial charge in [0.2, 0.25) is 0 Å². The Morgan fingerprint density at radius 2 is 1.18 bits per heavy atom. The fraction of sp³-hybridized carbons (Fsp3) is 0.400. The summed E-state index contributed by atoms with van der Waals surface area (Å²) in [4.78, 5) is -1.30. The van der Waals surface area contributed by atoms with Gasteiger partial charge in [0.05, 0.1) is 0 Å². The summed E-state index contributed by atoms with van der Waals surface area (Å²) in [5.41, 5.74) is 0.336. The summed E-state index contributed by atoms with van der Waals surface area (Å²) in [5.74, 6) is -0.919. The zero-order valence-corrected chi connectivity index (χ0v) is 17.2. The molecule has 2 rings (SSSR count). The van der Waals surface area contributed by atoms with Crippen LogP contribution in [0, 0.1) is 5.92 Å². The van der Waals surface area contributed by atoms with E-state index in [0.717, 1.165) is 0 Å². The third-order valence-electron chi connectivity index (χ3n) is 5.04. The molecule has 0 aromatic heterocycles. The average Bonchev–Trinajstić information content (AvgIpc) is 2.64. The van der Waals surface area contributed by atoms with Crippen LogP contribution in [-0.4, -0.2) is 28.5 Å². The highest BCUT2D eigenvalue weighted by Crippen LogP contribution is 2.44. The standard InChI is InChI=1S/C20H20F6IN/c1-18(15-8-4-2-5-9-15,16-10-6-3-7-11-16)17(12-13-27)14-28(19(21,22)23)20(24,25)26/h2-11,17H,12-14H2,1H3. The Bertz CT molecular complexity index is 676. The SMILES string of the molecule is CC(c1ccccc1)(c1ccccc1)C(CCI)CN(C(F)(F)F)C(F)(F)F. The van der Waals surface area contributed by atoms with Crippen LogP contribution in [0.2, 0.25) is 0 Å². The Labute approximate surface area is 173 Å². The molecule has 154 valence electrons. The second-order valence-corrected chi connectivity index (χ2v) is 7.73. The van der Waals surface area contributed by atoms with Gasteiger partial charge in [-0.2, -0.15) is 26.3 Å². The Hall–Kier alpha value is -1.29. The van der Waals surface area contributed by atoms with Gasteiger partial charge in [-0.15, -0.1) is 4.90 Å². The first kappa shape index (κ1) is 23.0. The van der Waals surface area contributed by atoms with Gasteiger partial charge in [0.1, 0.15) is 0 Å². The molecule has 8 heteroatoms. The van der Waals surface area contributed by atoms with Crippen molar-refractivity contribution in [2.24, 2.45) is 5.92 Å². The minimum Gasteiger partial charge on any atom is -0.155 e. The van der Waals surface area contributed by atoms with Crippen molar-refractivity contribution < 1.29 is 26.3 Å². The molecule has 2 aromatic carbocycles. The van der Waals surface area contributed by atoms with Crippen LogP contribution >= 0.6 is 22.6 Å². The van der Waals surface area contributed by atoms with Crippen molar-refractivity contribution in [2.75, 3.05) is 11.0 Å². The number of nitrogens with zero attached hydrogens (tertiary/aromatic N) is 1. The number of hydrogen-bond donors (Lipinski definition) is 0. The van der Waals surface area contributed by atoms with E-state index in [9.17, 15) is 26.3 Å². The van der Waals surface area contributed by atoms with E-state index >= 15 is 0 Å². The van der Waals surface area contributed by atoms with Crippen molar-refractivity contribution in [3.8, 4) is 0 Å². The first-order chi connectivity index (χ1) is 13.0. The van der Waals surface area contributed by atoms with Crippen molar-refractivity contribution >= 4 is 22.6 Å². The molecular weight excluding hydrogens is 495 g/mol. The van der Waals surface area contributed by atoms with Crippen molar-refractivity contribution in [2.45, 2.75) is 31.4 Å². The quantitative estimate of drug-likeness (QED) is 0.170. The highest BCUT2D eigenvalue weighted by molar-refractivity contribution is 14.1. The molecular formula is C20H20F6IN. The molecule has 1 unspecified atom stereocenters. The Kier molecular flexibility index (Phi) is 7.41. The maximum atomic E-state index is 13.2. The highest BCUT2D eigenvalue weighted by atomic mass is 127. The molecule has 1 atom stereocenters. The lowest BCUT2D eigenvalue weighted by Gasteiger charge is -2.42. The summed E-state index contributed by atoms with van der Waals surface area (Å²) < 4.78 is 79.7. The van der Waals surface area contributed by atoms with Crippen molar-refractivity contribution in [1.82, 2.24) is 4.90 Å². The van der Waals surface area contributed by atoms with Crippen molar-refractivity contribution in [1.29, 1.82) is 0 Å². The van der Waals surface area contributed by atoms with E-state index in [1.165, 1.54) is 0 Å². The number of halogens is 7. The number of rotatable bonds is 7. The lowest BCUT2D eigenvalue weighted by molar-refractivity contribution is -0.376. The van der Waals surface area contributed by atoms with Gasteiger partial charge in [-0.25, -0.2) is 0 Å². The molecule has 0 N–H and O–H groups in total. The Morgan fingerprint density at radius 3 is 1.50 bits per heavy atom. The summed E-state index contributed by atoms with van der Waals surface area (Å²) in [7, 11) is 0. The largest absolute Gasteiger partial charge is 0.467 e. The fourth-order valence-corrected chi connectivity index (χ4v) is 4.22. The van der Waals surface area contributed by atoms with Crippen LogP contribution in [0.1, 0.15) is 24.5 Å². The van der Waals surface area contributed by atoms with E-state index < -0.39 is 35.4 Å². The summed E-state index contributed by atoms with van der Waals surface area (Å²) in [6.07, 6.45) is -10.8. The fourth-order valence-electron chi connectivity index (χ4n) is 3.47. The van der Waals surface area contributed by atoms with Crippen molar-refractivity contribution in [3.63, 3.8) is 0 Å². The molecule has 0 fully saturated rings.